The lowest BCUT2D eigenvalue weighted by Crippen LogP contribution is -2.22. The number of halogens is 3. The van der Waals surface area contributed by atoms with Crippen molar-refractivity contribution in [3.63, 3.8) is 0 Å². The molecule has 4 nitrogen and oxygen atoms in total. The molecule has 116 valence electrons. The molecule has 0 fully saturated rings. The van der Waals surface area contributed by atoms with E-state index in [2.05, 4.69) is 26.0 Å². The average molecular weight is 372 g/mol. The summed E-state index contributed by atoms with van der Waals surface area (Å²) in [5.74, 6) is -0.513. The molecule has 2 rings (SSSR count). The molecule has 0 spiro atoms. The molecule has 2 aromatic rings. The summed E-state index contributed by atoms with van der Waals surface area (Å²) in [7, 11) is 0. The first-order valence-corrected chi connectivity index (χ1v) is 7.05. The number of amides is 1. The van der Waals surface area contributed by atoms with Crippen LogP contribution >= 0.6 is 15.9 Å². The average Bonchev–Trinajstić information content (AvgIpc) is 2.45. The van der Waals surface area contributed by atoms with Gasteiger partial charge in [0.1, 0.15) is 11.5 Å². The zero-order chi connectivity index (χ0) is 16.1. The standard InChI is InChI=1S/C15H12BrF2NO3/c16-10-3-6-12(13(20)7-10)14(21)19-8-9-1-4-11(5-2-9)22-15(17)18/h1-7,15,20H,8H2,(H,19,21). The monoisotopic (exact) mass is 371 g/mol. The summed E-state index contributed by atoms with van der Waals surface area (Å²) in [6, 6.07) is 10.5. The number of hydrogen-bond acceptors (Lipinski definition) is 3. The molecular formula is C15H12BrF2NO3. The van der Waals surface area contributed by atoms with Gasteiger partial charge in [-0.1, -0.05) is 28.1 Å². The number of phenolic OH excluding ortho intramolecular Hbond substituents is 1. The van der Waals surface area contributed by atoms with E-state index in [1.54, 1.807) is 18.2 Å². The molecule has 7 heteroatoms. The van der Waals surface area contributed by atoms with E-state index in [1.165, 1.54) is 24.3 Å². The molecule has 2 aromatic carbocycles. The summed E-state index contributed by atoms with van der Waals surface area (Å²) in [6.07, 6.45) is 0. The highest BCUT2D eigenvalue weighted by molar-refractivity contribution is 9.10. The van der Waals surface area contributed by atoms with Gasteiger partial charge in [0.2, 0.25) is 0 Å². The van der Waals surface area contributed by atoms with Crippen LogP contribution in [0.2, 0.25) is 0 Å². The Morgan fingerprint density at radius 1 is 1.23 bits per heavy atom. The van der Waals surface area contributed by atoms with Gasteiger partial charge >= 0.3 is 6.61 Å². The van der Waals surface area contributed by atoms with Crippen LogP contribution in [0.25, 0.3) is 0 Å². The summed E-state index contributed by atoms with van der Waals surface area (Å²) in [6.45, 7) is -2.67. The fraction of sp³-hybridized carbons (Fsp3) is 0.133. The van der Waals surface area contributed by atoms with Crippen molar-refractivity contribution in [2.75, 3.05) is 0 Å². The lowest BCUT2D eigenvalue weighted by Gasteiger charge is -2.08. The molecule has 0 aliphatic heterocycles. The van der Waals surface area contributed by atoms with Crippen molar-refractivity contribution in [3.05, 3.63) is 58.1 Å². The van der Waals surface area contributed by atoms with Crippen LogP contribution in [0.4, 0.5) is 8.78 Å². The molecule has 0 bridgehead atoms. The van der Waals surface area contributed by atoms with Gasteiger partial charge in [0.05, 0.1) is 5.56 Å². The molecule has 0 saturated heterocycles. The van der Waals surface area contributed by atoms with Crippen LogP contribution in [0.1, 0.15) is 15.9 Å². The second kappa shape index (κ2) is 7.22. The van der Waals surface area contributed by atoms with Gasteiger partial charge in [-0.2, -0.15) is 8.78 Å². The second-order valence-electron chi connectivity index (χ2n) is 4.37. The molecule has 0 aromatic heterocycles. The SMILES string of the molecule is O=C(NCc1ccc(OC(F)F)cc1)c1ccc(Br)cc1O. The summed E-state index contributed by atoms with van der Waals surface area (Å²) in [5.41, 5.74) is 0.868. The minimum atomic E-state index is -2.87. The van der Waals surface area contributed by atoms with E-state index in [1.807, 2.05) is 0 Å². The number of rotatable bonds is 5. The van der Waals surface area contributed by atoms with Gasteiger partial charge in [-0.3, -0.25) is 4.79 Å². The van der Waals surface area contributed by atoms with Gasteiger partial charge in [-0.05, 0) is 35.9 Å². The smallest absolute Gasteiger partial charge is 0.387 e. The predicted molar refractivity (Wildman–Crippen MR) is 80.1 cm³/mol. The molecule has 0 radical (unpaired) electrons. The van der Waals surface area contributed by atoms with Crippen molar-refractivity contribution >= 4 is 21.8 Å². The molecule has 0 unspecified atom stereocenters. The Hall–Kier alpha value is -2.15. The van der Waals surface area contributed by atoms with Gasteiger partial charge < -0.3 is 15.2 Å². The second-order valence-corrected chi connectivity index (χ2v) is 5.28. The molecule has 0 heterocycles. The molecule has 22 heavy (non-hydrogen) atoms. The Morgan fingerprint density at radius 2 is 1.91 bits per heavy atom. The van der Waals surface area contributed by atoms with Crippen molar-refractivity contribution < 1.29 is 23.4 Å². The number of aromatic hydroxyl groups is 1. The van der Waals surface area contributed by atoms with Crippen LogP contribution in [-0.2, 0) is 6.54 Å². The number of phenols is 1. The minimum absolute atomic E-state index is 0.0515. The van der Waals surface area contributed by atoms with Crippen LogP contribution in [0.5, 0.6) is 11.5 Å². The third-order valence-electron chi connectivity index (χ3n) is 2.81. The number of ether oxygens (including phenoxy) is 1. The van der Waals surface area contributed by atoms with Crippen molar-refractivity contribution in [1.82, 2.24) is 5.32 Å². The zero-order valence-corrected chi connectivity index (χ0v) is 12.8. The van der Waals surface area contributed by atoms with Crippen LogP contribution in [0.3, 0.4) is 0 Å². The normalized spacial score (nSPS) is 10.5. The highest BCUT2D eigenvalue weighted by Gasteiger charge is 2.11. The summed E-state index contributed by atoms with van der Waals surface area (Å²) in [5, 5.41) is 12.3. The highest BCUT2D eigenvalue weighted by atomic mass is 79.9. The van der Waals surface area contributed by atoms with Crippen molar-refractivity contribution in [2.45, 2.75) is 13.2 Å². The zero-order valence-electron chi connectivity index (χ0n) is 11.2. The van der Waals surface area contributed by atoms with Crippen molar-refractivity contribution in [2.24, 2.45) is 0 Å². The largest absolute Gasteiger partial charge is 0.507 e. The summed E-state index contributed by atoms with van der Waals surface area (Å²) in [4.78, 5) is 12.0. The molecule has 1 amide bonds. The third kappa shape index (κ3) is 4.42. The number of nitrogens with one attached hydrogen (secondary N) is 1. The van der Waals surface area contributed by atoms with Crippen LogP contribution in [-0.4, -0.2) is 17.6 Å². The number of benzene rings is 2. The lowest BCUT2D eigenvalue weighted by molar-refractivity contribution is -0.0498. The van der Waals surface area contributed by atoms with Crippen LogP contribution < -0.4 is 10.1 Å². The Labute approximate surface area is 133 Å². The highest BCUT2D eigenvalue weighted by Crippen LogP contribution is 2.22. The predicted octanol–water partition coefficient (Wildman–Crippen LogP) is 3.69. The number of carbonyl (C=O) groups is 1. The Bertz CT molecular complexity index is 662. The molecule has 0 atom stereocenters. The Balaban J connectivity index is 1.96. The topological polar surface area (TPSA) is 58.6 Å². The van der Waals surface area contributed by atoms with E-state index >= 15 is 0 Å². The van der Waals surface area contributed by atoms with Crippen LogP contribution in [0.15, 0.2) is 46.9 Å². The maximum Gasteiger partial charge on any atom is 0.387 e. The van der Waals surface area contributed by atoms with Gasteiger partial charge in [0, 0.05) is 11.0 Å². The van der Waals surface area contributed by atoms with Crippen molar-refractivity contribution in [1.29, 1.82) is 0 Å². The fourth-order valence-electron chi connectivity index (χ4n) is 1.76. The van der Waals surface area contributed by atoms with E-state index in [0.29, 0.717) is 10.0 Å². The van der Waals surface area contributed by atoms with E-state index in [0.717, 1.165) is 0 Å². The minimum Gasteiger partial charge on any atom is -0.507 e. The first kappa shape index (κ1) is 16.2. The molecule has 0 aliphatic rings. The number of hydrogen-bond donors (Lipinski definition) is 2. The molecule has 0 aliphatic carbocycles. The van der Waals surface area contributed by atoms with Gasteiger partial charge in [-0.15, -0.1) is 0 Å². The summed E-state index contributed by atoms with van der Waals surface area (Å²) >= 11 is 3.19. The van der Waals surface area contributed by atoms with Gasteiger partial charge in [0.25, 0.3) is 5.91 Å². The molecule has 0 saturated carbocycles. The maximum atomic E-state index is 12.0. The lowest BCUT2D eigenvalue weighted by atomic mass is 10.1. The van der Waals surface area contributed by atoms with Crippen molar-refractivity contribution in [3.8, 4) is 11.5 Å². The Kier molecular flexibility index (Phi) is 5.32. The van der Waals surface area contributed by atoms with E-state index in [-0.39, 0.29) is 23.6 Å². The third-order valence-corrected chi connectivity index (χ3v) is 3.30. The first-order chi connectivity index (χ1) is 10.5. The quantitative estimate of drug-likeness (QED) is 0.842. The van der Waals surface area contributed by atoms with Crippen LogP contribution in [0, 0.1) is 0 Å². The molecular weight excluding hydrogens is 360 g/mol. The number of alkyl halides is 2. The van der Waals surface area contributed by atoms with Gasteiger partial charge in [-0.25, -0.2) is 0 Å². The maximum absolute atomic E-state index is 12.0. The van der Waals surface area contributed by atoms with E-state index in [4.69, 9.17) is 0 Å². The summed E-state index contributed by atoms with van der Waals surface area (Å²) < 4.78 is 28.9. The van der Waals surface area contributed by atoms with Gasteiger partial charge in [0.15, 0.2) is 0 Å². The molecule has 2 N–H and O–H groups in total. The first-order valence-electron chi connectivity index (χ1n) is 6.26. The van der Waals surface area contributed by atoms with E-state index in [9.17, 15) is 18.7 Å². The van der Waals surface area contributed by atoms with E-state index < -0.39 is 12.5 Å². The number of carbonyl (C=O) groups excluding carboxylic acids is 1. The Morgan fingerprint density at radius 3 is 2.50 bits per heavy atom. The fourth-order valence-corrected chi connectivity index (χ4v) is 2.11.